The van der Waals surface area contributed by atoms with E-state index < -0.39 is 17.7 Å². The molecule has 1 aromatic heterocycles. The molecule has 8 heteroatoms. The molecule has 34 heavy (non-hydrogen) atoms. The lowest BCUT2D eigenvalue weighted by Gasteiger charge is -2.25. The Hall–Kier alpha value is -4.33. The number of aromatic nitrogens is 1. The largest absolute Gasteiger partial charge is 0.507 e. The molecule has 2 aromatic carbocycles. The fraction of sp³-hybridized carbons (Fsp3) is 0.192. The van der Waals surface area contributed by atoms with Gasteiger partial charge in [-0.3, -0.25) is 14.6 Å². The average molecular weight is 460 g/mol. The van der Waals surface area contributed by atoms with Crippen molar-refractivity contribution in [3.8, 4) is 17.2 Å². The van der Waals surface area contributed by atoms with E-state index in [0.29, 0.717) is 23.5 Å². The number of pyridine rings is 1. The van der Waals surface area contributed by atoms with Gasteiger partial charge >= 0.3 is 0 Å². The molecule has 1 aliphatic heterocycles. The SMILES string of the molecule is CCOc1ccc(/C(O)=C2\C(=O)C(=O)N(Cc3cccnc3)C2c2ccc(O)c(OC)c2)cc1. The van der Waals surface area contributed by atoms with Gasteiger partial charge in [-0.2, -0.15) is 0 Å². The van der Waals surface area contributed by atoms with Gasteiger partial charge in [0, 0.05) is 24.5 Å². The van der Waals surface area contributed by atoms with Crippen molar-refractivity contribution in [3.63, 3.8) is 0 Å². The van der Waals surface area contributed by atoms with Crippen LogP contribution >= 0.6 is 0 Å². The van der Waals surface area contributed by atoms with E-state index in [1.165, 1.54) is 18.1 Å². The standard InChI is InChI=1S/C26H24N2O6/c1-3-34-19-9-6-17(7-10-19)24(30)22-23(18-8-11-20(29)21(13-18)33-2)28(26(32)25(22)31)15-16-5-4-12-27-14-16/h4-14,23,29-30H,3,15H2,1-2H3/b24-22+. The molecule has 0 radical (unpaired) electrons. The van der Waals surface area contributed by atoms with Crippen LogP contribution < -0.4 is 9.47 Å². The number of nitrogens with zero attached hydrogens (tertiary/aromatic N) is 2. The number of aliphatic hydroxyl groups is 1. The first-order valence-electron chi connectivity index (χ1n) is 10.7. The number of ketones is 1. The van der Waals surface area contributed by atoms with Gasteiger partial charge in [0.1, 0.15) is 11.5 Å². The Bertz CT molecular complexity index is 1240. The molecule has 1 aliphatic rings. The Morgan fingerprint density at radius 1 is 1.12 bits per heavy atom. The number of hydrogen-bond donors (Lipinski definition) is 2. The summed E-state index contributed by atoms with van der Waals surface area (Å²) in [5, 5.41) is 21.2. The lowest BCUT2D eigenvalue weighted by molar-refractivity contribution is -0.140. The smallest absolute Gasteiger partial charge is 0.295 e. The molecule has 1 amide bonds. The van der Waals surface area contributed by atoms with Crippen molar-refractivity contribution >= 4 is 17.4 Å². The number of amides is 1. The molecule has 0 aliphatic carbocycles. The number of phenols is 1. The minimum absolute atomic E-state index is 0.0502. The van der Waals surface area contributed by atoms with Crippen molar-refractivity contribution in [2.75, 3.05) is 13.7 Å². The minimum atomic E-state index is -0.902. The first-order valence-corrected chi connectivity index (χ1v) is 10.7. The van der Waals surface area contributed by atoms with Crippen LogP contribution in [0.15, 0.2) is 72.6 Å². The Morgan fingerprint density at radius 2 is 1.88 bits per heavy atom. The zero-order chi connectivity index (χ0) is 24.2. The van der Waals surface area contributed by atoms with Crippen LogP contribution in [0.4, 0.5) is 0 Å². The van der Waals surface area contributed by atoms with E-state index in [2.05, 4.69) is 4.98 Å². The normalized spacial score (nSPS) is 17.1. The summed E-state index contributed by atoms with van der Waals surface area (Å²) in [4.78, 5) is 31.7. The van der Waals surface area contributed by atoms with Crippen molar-refractivity contribution in [1.29, 1.82) is 0 Å². The lowest BCUT2D eigenvalue weighted by Crippen LogP contribution is -2.29. The molecular weight excluding hydrogens is 436 g/mol. The van der Waals surface area contributed by atoms with E-state index in [0.717, 1.165) is 5.56 Å². The number of phenolic OH excluding ortho intramolecular Hbond substituents is 1. The zero-order valence-electron chi connectivity index (χ0n) is 18.8. The summed E-state index contributed by atoms with van der Waals surface area (Å²) in [5.41, 5.74) is 1.55. The van der Waals surface area contributed by atoms with Crippen molar-refractivity contribution in [1.82, 2.24) is 9.88 Å². The van der Waals surface area contributed by atoms with Crippen LogP contribution in [-0.2, 0) is 16.1 Å². The Morgan fingerprint density at radius 3 is 2.53 bits per heavy atom. The predicted molar refractivity (Wildman–Crippen MR) is 124 cm³/mol. The Balaban J connectivity index is 1.85. The molecule has 4 rings (SSSR count). The highest BCUT2D eigenvalue weighted by molar-refractivity contribution is 6.46. The number of carbonyl (C=O) groups is 2. The van der Waals surface area contributed by atoms with Gasteiger partial charge in [0.25, 0.3) is 11.7 Å². The molecule has 2 heterocycles. The molecule has 1 saturated heterocycles. The first kappa shape index (κ1) is 22.8. The number of methoxy groups -OCH3 is 1. The number of hydrogen-bond acceptors (Lipinski definition) is 7. The number of ether oxygens (including phenoxy) is 2. The van der Waals surface area contributed by atoms with Gasteiger partial charge in [0.15, 0.2) is 11.5 Å². The second-order valence-electron chi connectivity index (χ2n) is 7.68. The maximum Gasteiger partial charge on any atom is 0.295 e. The van der Waals surface area contributed by atoms with E-state index in [9.17, 15) is 19.8 Å². The van der Waals surface area contributed by atoms with Gasteiger partial charge in [-0.1, -0.05) is 12.1 Å². The molecular formula is C26H24N2O6. The van der Waals surface area contributed by atoms with E-state index in [-0.39, 0.29) is 29.4 Å². The molecule has 1 unspecified atom stereocenters. The van der Waals surface area contributed by atoms with Gasteiger partial charge in [0.05, 0.1) is 25.3 Å². The van der Waals surface area contributed by atoms with Gasteiger partial charge in [-0.25, -0.2) is 0 Å². The first-order chi connectivity index (χ1) is 16.4. The fourth-order valence-electron chi connectivity index (χ4n) is 3.97. The monoisotopic (exact) mass is 460 g/mol. The molecule has 0 spiro atoms. The number of benzene rings is 2. The van der Waals surface area contributed by atoms with Crippen LogP contribution in [0.3, 0.4) is 0 Å². The van der Waals surface area contributed by atoms with Crippen LogP contribution in [0, 0.1) is 0 Å². The number of rotatable bonds is 7. The highest BCUT2D eigenvalue weighted by Crippen LogP contribution is 2.42. The third-order valence-electron chi connectivity index (χ3n) is 5.57. The second-order valence-corrected chi connectivity index (χ2v) is 7.68. The second kappa shape index (κ2) is 9.66. The number of aromatic hydroxyl groups is 1. The summed E-state index contributed by atoms with van der Waals surface area (Å²) in [6.45, 7) is 2.46. The summed E-state index contributed by atoms with van der Waals surface area (Å²) in [6, 6.07) is 13.8. The lowest BCUT2D eigenvalue weighted by atomic mass is 9.95. The number of carbonyl (C=O) groups excluding carboxylic acids is 2. The topological polar surface area (TPSA) is 109 Å². The third-order valence-corrected chi connectivity index (χ3v) is 5.57. The maximum absolute atomic E-state index is 13.2. The molecule has 0 bridgehead atoms. The van der Waals surface area contributed by atoms with E-state index in [1.807, 2.05) is 6.92 Å². The molecule has 174 valence electrons. The molecule has 3 aromatic rings. The van der Waals surface area contributed by atoms with E-state index >= 15 is 0 Å². The third kappa shape index (κ3) is 4.30. The van der Waals surface area contributed by atoms with Crippen LogP contribution in [0.25, 0.3) is 5.76 Å². The Labute approximate surface area is 196 Å². The number of Topliss-reactive ketones (excluding diaryl/α,β-unsaturated/α-hetero) is 1. The van der Waals surface area contributed by atoms with Crippen LogP contribution in [0.5, 0.6) is 17.2 Å². The van der Waals surface area contributed by atoms with Gasteiger partial charge < -0.3 is 24.6 Å². The molecule has 0 saturated carbocycles. The summed E-state index contributed by atoms with van der Waals surface area (Å²) >= 11 is 0. The highest BCUT2D eigenvalue weighted by atomic mass is 16.5. The maximum atomic E-state index is 13.2. The van der Waals surface area contributed by atoms with Gasteiger partial charge in [0.2, 0.25) is 0 Å². The van der Waals surface area contributed by atoms with Gasteiger partial charge in [-0.05, 0) is 60.5 Å². The highest BCUT2D eigenvalue weighted by Gasteiger charge is 2.46. The molecule has 1 atom stereocenters. The molecule has 2 N–H and O–H groups in total. The van der Waals surface area contributed by atoms with Crippen LogP contribution in [0.2, 0.25) is 0 Å². The summed E-state index contributed by atoms with van der Waals surface area (Å²) in [7, 11) is 1.41. The summed E-state index contributed by atoms with van der Waals surface area (Å²) < 4.78 is 10.7. The zero-order valence-corrected chi connectivity index (χ0v) is 18.8. The fourth-order valence-corrected chi connectivity index (χ4v) is 3.97. The van der Waals surface area contributed by atoms with Crippen molar-refractivity contribution in [2.45, 2.75) is 19.5 Å². The van der Waals surface area contributed by atoms with Crippen molar-refractivity contribution in [3.05, 3.63) is 89.3 Å². The average Bonchev–Trinajstić information content (AvgIpc) is 3.10. The summed E-state index contributed by atoms with van der Waals surface area (Å²) in [6.07, 6.45) is 3.23. The molecule has 1 fully saturated rings. The quantitative estimate of drug-likeness (QED) is 0.313. The Kier molecular flexibility index (Phi) is 6.49. The van der Waals surface area contributed by atoms with Crippen LogP contribution in [-0.4, -0.2) is 45.5 Å². The van der Waals surface area contributed by atoms with Gasteiger partial charge in [-0.15, -0.1) is 0 Å². The number of likely N-dealkylation sites (tertiary alicyclic amines) is 1. The number of aliphatic hydroxyl groups excluding tert-OH is 1. The van der Waals surface area contributed by atoms with E-state index in [1.54, 1.807) is 60.9 Å². The minimum Gasteiger partial charge on any atom is -0.507 e. The predicted octanol–water partition coefficient (Wildman–Crippen LogP) is 3.82. The van der Waals surface area contributed by atoms with Crippen molar-refractivity contribution in [2.24, 2.45) is 0 Å². The molecule has 8 nitrogen and oxygen atoms in total. The van der Waals surface area contributed by atoms with E-state index in [4.69, 9.17) is 9.47 Å². The van der Waals surface area contributed by atoms with Crippen molar-refractivity contribution < 1.29 is 29.3 Å². The van der Waals surface area contributed by atoms with Crippen LogP contribution in [0.1, 0.15) is 29.7 Å². The summed E-state index contributed by atoms with van der Waals surface area (Å²) in [5.74, 6) is -1.11.